The largest absolute Gasteiger partial charge is 0.376 e. The summed E-state index contributed by atoms with van der Waals surface area (Å²) >= 11 is 0. The third-order valence-corrected chi connectivity index (χ3v) is 4.75. The van der Waals surface area contributed by atoms with E-state index >= 15 is 0 Å². The number of hydrogen-bond donors (Lipinski definition) is 3. The van der Waals surface area contributed by atoms with E-state index in [4.69, 9.17) is 4.74 Å². The molecule has 30 heavy (non-hydrogen) atoms. The number of carbonyl (C=O) groups excluding carboxylic acids is 2. The van der Waals surface area contributed by atoms with E-state index in [1.54, 1.807) is 12.1 Å². The number of guanidine groups is 1. The second-order valence-electron chi connectivity index (χ2n) is 7.38. The number of benzene rings is 2. The van der Waals surface area contributed by atoms with Crippen LogP contribution in [0.1, 0.15) is 41.3 Å². The van der Waals surface area contributed by atoms with Crippen molar-refractivity contribution < 1.29 is 14.3 Å². The molecule has 1 aliphatic rings. The fraction of sp³-hybridized carbons (Fsp3) is 0.348. The molecule has 2 amide bonds. The highest BCUT2D eigenvalue weighted by atomic mass is 16.5. The average Bonchev–Trinajstić information content (AvgIpc) is 3.24. The fourth-order valence-corrected chi connectivity index (χ4v) is 3.13. The Morgan fingerprint density at radius 3 is 2.63 bits per heavy atom. The van der Waals surface area contributed by atoms with E-state index in [-0.39, 0.29) is 17.9 Å². The summed E-state index contributed by atoms with van der Waals surface area (Å²) in [6.07, 6.45) is 2.10. The third-order valence-electron chi connectivity index (χ3n) is 4.75. The summed E-state index contributed by atoms with van der Waals surface area (Å²) < 4.78 is 5.64. The summed E-state index contributed by atoms with van der Waals surface area (Å²) in [5.74, 6) is 0.0434. The molecule has 0 bridgehead atoms. The van der Waals surface area contributed by atoms with E-state index in [1.807, 2.05) is 43.3 Å². The minimum absolute atomic E-state index is 0.0873. The Labute approximate surface area is 176 Å². The van der Waals surface area contributed by atoms with E-state index in [0.717, 1.165) is 36.3 Å². The summed E-state index contributed by atoms with van der Waals surface area (Å²) in [6.45, 7) is 5.17. The molecule has 0 unspecified atom stereocenters. The molecule has 0 aromatic heterocycles. The van der Waals surface area contributed by atoms with Crippen LogP contribution in [0.5, 0.6) is 0 Å². The van der Waals surface area contributed by atoms with Crippen LogP contribution in [0.3, 0.4) is 0 Å². The molecule has 2 aromatic carbocycles. The second kappa shape index (κ2) is 10.5. The predicted octanol–water partition coefficient (Wildman–Crippen LogP) is 3.01. The molecular weight excluding hydrogens is 380 g/mol. The zero-order valence-electron chi connectivity index (χ0n) is 17.4. The number of hydrogen-bond acceptors (Lipinski definition) is 4. The van der Waals surface area contributed by atoms with Gasteiger partial charge in [0.05, 0.1) is 12.6 Å². The zero-order chi connectivity index (χ0) is 21.3. The standard InChI is InChI=1S/C23H28N4O3/c1-16-5-3-6-20(13-16)26-23(25-15-21-7-4-12-30-21)27-22(29)19-10-8-18(9-11-19)14-24-17(2)28/h3,5-6,8-11,13,21H,4,7,12,14-15H2,1-2H3,(H,24,28)(H2,25,26,27,29)/t21-/m0/s1. The van der Waals surface area contributed by atoms with Crippen molar-refractivity contribution in [3.8, 4) is 0 Å². The van der Waals surface area contributed by atoms with Crippen LogP contribution in [0, 0.1) is 6.92 Å². The van der Waals surface area contributed by atoms with Crippen LogP contribution in [0.4, 0.5) is 5.69 Å². The molecule has 1 atom stereocenters. The van der Waals surface area contributed by atoms with Crippen molar-refractivity contribution in [1.82, 2.24) is 10.6 Å². The third kappa shape index (κ3) is 6.70. The van der Waals surface area contributed by atoms with Gasteiger partial charge in [-0.3, -0.25) is 14.9 Å². The van der Waals surface area contributed by atoms with Crippen LogP contribution >= 0.6 is 0 Å². The lowest BCUT2D eigenvalue weighted by Gasteiger charge is -2.14. The molecule has 0 aliphatic carbocycles. The highest BCUT2D eigenvalue weighted by Gasteiger charge is 2.16. The second-order valence-corrected chi connectivity index (χ2v) is 7.38. The minimum Gasteiger partial charge on any atom is -0.376 e. The number of nitrogens with one attached hydrogen (secondary N) is 3. The van der Waals surface area contributed by atoms with E-state index in [0.29, 0.717) is 24.6 Å². The van der Waals surface area contributed by atoms with Crippen LogP contribution in [0.15, 0.2) is 53.5 Å². The molecule has 2 aromatic rings. The molecule has 7 nitrogen and oxygen atoms in total. The van der Waals surface area contributed by atoms with Crippen molar-refractivity contribution in [2.24, 2.45) is 4.99 Å². The van der Waals surface area contributed by atoms with Gasteiger partial charge in [-0.05, 0) is 55.2 Å². The molecule has 1 fully saturated rings. The maximum Gasteiger partial charge on any atom is 0.257 e. The van der Waals surface area contributed by atoms with Gasteiger partial charge in [0.1, 0.15) is 0 Å². The summed E-state index contributed by atoms with van der Waals surface area (Å²) in [7, 11) is 0. The first-order chi connectivity index (χ1) is 14.5. The predicted molar refractivity (Wildman–Crippen MR) is 118 cm³/mol. The molecule has 1 heterocycles. The number of anilines is 1. The van der Waals surface area contributed by atoms with Crippen LogP contribution in [0.25, 0.3) is 0 Å². The first-order valence-corrected chi connectivity index (χ1v) is 10.1. The Balaban J connectivity index is 1.68. The maximum absolute atomic E-state index is 12.8. The number of aryl methyl sites for hydroxylation is 1. The normalized spacial score (nSPS) is 16.2. The molecule has 158 valence electrons. The van der Waals surface area contributed by atoms with Gasteiger partial charge < -0.3 is 15.4 Å². The topological polar surface area (TPSA) is 91.8 Å². The minimum atomic E-state index is -0.257. The van der Waals surface area contributed by atoms with Gasteiger partial charge in [-0.25, -0.2) is 4.99 Å². The van der Waals surface area contributed by atoms with Crippen molar-refractivity contribution in [2.75, 3.05) is 18.5 Å². The smallest absolute Gasteiger partial charge is 0.257 e. The van der Waals surface area contributed by atoms with Gasteiger partial charge >= 0.3 is 0 Å². The van der Waals surface area contributed by atoms with E-state index in [9.17, 15) is 9.59 Å². The Morgan fingerprint density at radius 2 is 1.97 bits per heavy atom. The number of amides is 2. The van der Waals surface area contributed by atoms with Crippen LogP contribution < -0.4 is 16.0 Å². The lowest BCUT2D eigenvalue weighted by atomic mass is 10.1. The lowest BCUT2D eigenvalue weighted by Crippen LogP contribution is -2.36. The quantitative estimate of drug-likeness (QED) is 0.506. The highest BCUT2D eigenvalue weighted by molar-refractivity contribution is 6.10. The summed E-state index contributed by atoms with van der Waals surface area (Å²) in [5.41, 5.74) is 3.40. The number of aliphatic imine (C=N–C) groups is 1. The highest BCUT2D eigenvalue weighted by Crippen LogP contribution is 2.13. The summed E-state index contributed by atoms with van der Waals surface area (Å²) in [5, 5.41) is 8.81. The van der Waals surface area contributed by atoms with E-state index < -0.39 is 0 Å². The Bertz CT molecular complexity index is 903. The monoisotopic (exact) mass is 408 g/mol. The van der Waals surface area contributed by atoms with Crippen molar-refractivity contribution in [1.29, 1.82) is 0 Å². The van der Waals surface area contributed by atoms with Crippen LogP contribution in [-0.4, -0.2) is 37.0 Å². The number of carbonyl (C=O) groups is 2. The lowest BCUT2D eigenvalue weighted by molar-refractivity contribution is -0.119. The number of rotatable bonds is 6. The molecular formula is C23H28N4O3. The molecule has 1 saturated heterocycles. The average molecular weight is 409 g/mol. The van der Waals surface area contributed by atoms with Gasteiger partial charge in [0, 0.05) is 31.3 Å². The van der Waals surface area contributed by atoms with Crippen LogP contribution in [0.2, 0.25) is 0 Å². The van der Waals surface area contributed by atoms with Crippen molar-refractivity contribution in [3.05, 3.63) is 65.2 Å². The summed E-state index contributed by atoms with van der Waals surface area (Å²) in [4.78, 5) is 28.4. The zero-order valence-corrected chi connectivity index (χ0v) is 17.4. The van der Waals surface area contributed by atoms with Gasteiger partial charge in [-0.15, -0.1) is 0 Å². The molecule has 3 rings (SSSR count). The van der Waals surface area contributed by atoms with Gasteiger partial charge in [-0.2, -0.15) is 0 Å². The maximum atomic E-state index is 12.8. The van der Waals surface area contributed by atoms with Crippen LogP contribution in [-0.2, 0) is 16.1 Å². The Hall–Kier alpha value is -3.19. The molecule has 7 heteroatoms. The Kier molecular flexibility index (Phi) is 7.57. The molecule has 0 saturated carbocycles. The SMILES string of the molecule is CC(=O)NCc1ccc(C(=O)NC(=NC[C@@H]2CCCO2)Nc2cccc(C)c2)cc1. The Morgan fingerprint density at radius 1 is 1.17 bits per heavy atom. The molecule has 1 aliphatic heterocycles. The van der Waals surface area contributed by atoms with Gasteiger partial charge in [0.2, 0.25) is 11.9 Å². The van der Waals surface area contributed by atoms with Crippen molar-refractivity contribution in [3.63, 3.8) is 0 Å². The van der Waals surface area contributed by atoms with Gasteiger partial charge in [0.15, 0.2) is 0 Å². The first kappa shape index (κ1) is 21.5. The molecule has 3 N–H and O–H groups in total. The first-order valence-electron chi connectivity index (χ1n) is 10.1. The van der Waals surface area contributed by atoms with Crippen molar-refractivity contribution in [2.45, 2.75) is 39.3 Å². The number of ether oxygens (including phenoxy) is 1. The van der Waals surface area contributed by atoms with E-state index in [2.05, 4.69) is 20.9 Å². The van der Waals surface area contributed by atoms with Gasteiger partial charge in [0.25, 0.3) is 5.91 Å². The molecule has 0 radical (unpaired) electrons. The summed E-state index contributed by atoms with van der Waals surface area (Å²) in [6, 6.07) is 15.0. The molecule has 0 spiro atoms. The van der Waals surface area contributed by atoms with Crippen molar-refractivity contribution >= 4 is 23.5 Å². The van der Waals surface area contributed by atoms with E-state index in [1.165, 1.54) is 6.92 Å². The van der Waals surface area contributed by atoms with Gasteiger partial charge in [-0.1, -0.05) is 24.3 Å². The fourth-order valence-electron chi connectivity index (χ4n) is 3.13. The number of nitrogens with zero attached hydrogens (tertiary/aromatic N) is 1.